The van der Waals surface area contributed by atoms with E-state index in [1.165, 1.54) is 50.5 Å². The van der Waals surface area contributed by atoms with Gasteiger partial charge in [-0.25, -0.2) is 4.79 Å². The molecule has 0 aromatic heterocycles. The molecule has 0 aromatic rings. The van der Waals surface area contributed by atoms with E-state index in [0.717, 1.165) is 25.7 Å². The summed E-state index contributed by atoms with van der Waals surface area (Å²) in [5.74, 6) is -0.263. The molecule has 134 valence electrons. The number of carbonyl (C=O) groups is 2. The maximum absolute atomic E-state index is 11.2. The van der Waals surface area contributed by atoms with E-state index in [0.29, 0.717) is 6.54 Å². The van der Waals surface area contributed by atoms with Crippen LogP contribution in [0.1, 0.15) is 71.1 Å². The minimum Gasteiger partial charge on any atom is -0.465 e. The van der Waals surface area contributed by atoms with Gasteiger partial charge in [-0.3, -0.25) is 9.69 Å². The third-order valence-electron chi connectivity index (χ3n) is 3.84. The lowest BCUT2D eigenvalue weighted by Crippen LogP contribution is -2.39. The molecule has 0 saturated heterocycles. The van der Waals surface area contributed by atoms with Crippen molar-refractivity contribution in [3.63, 3.8) is 0 Å². The minimum absolute atomic E-state index is 0.0711. The van der Waals surface area contributed by atoms with Crippen molar-refractivity contribution in [3.05, 3.63) is 12.2 Å². The quantitative estimate of drug-likeness (QED) is 0.371. The molecule has 0 unspecified atom stereocenters. The van der Waals surface area contributed by atoms with Crippen LogP contribution in [0.15, 0.2) is 12.2 Å². The second-order valence-electron chi connectivity index (χ2n) is 5.87. The molecule has 2 N–H and O–H groups in total. The summed E-state index contributed by atoms with van der Waals surface area (Å²) >= 11 is 0. The second-order valence-corrected chi connectivity index (χ2v) is 5.87. The van der Waals surface area contributed by atoms with Gasteiger partial charge in [0.25, 0.3) is 0 Å². The highest BCUT2D eigenvalue weighted by atomic mass is 16.4. The molecule has 0 fully saturated rings. The number of hydrogen-bond acceptors (Lipinski definition) is 2. The first-order chi connectivity index (χ1) is 11.1. The third-order valence-corrected chi connectivity index (χ3v) is 3.84. The van der Waals surface area contributed by atoms with Crippen molar-refractivity contribution in [2.24, 2.45) is 0 Å². The Labute approximate surface area is 141 Å². The summed E-state index contributed by atoms with van der Waals surface area (Å²) in [6.45, 7) is 2.52. The van der Waals surface area contributed by atoms with Crippen molar-refractivity contribution in [2.75, 3.05) is 20.1 Å². The maximum atomic E-state index is 11.2. The SMILES string of the molecule is CCC=CCCCCCCCCCCN(CC(=O)NC)C(=O)O. The van der Waals surface area contributed by atoms with E-state index in [2.05, 4.69) is 24.4 Å². The first kappa shape index (κ1) is 21.5. The Morgan fingerprint density at radius 3 is 2.04 bits per heavy atom. The van der Waals surface area contributed by atoms with Crippen molar-refractivity contribution >= 4 is 12.0 Å². The van der Waals surface area contributed by atoms with Gasteiger partial charge in [-0.2, -0.15) is 0 Å². The van der Waals surface area contributed by atoms with Crippen LogP contribution in [0.3, 0.4) is 0 Å². The van der Waals surface area contributed by atoms with E-state index >= 15 is 0 Å². The molecular weight excluding hydrogens is 292 g/mol. The summed E-state index contributed by atoms with van der Waals surface area (Å²) in [7, 11) is 1.52. The number of carboxylic acid groups (broad SMARTS) is 1. The highest BCUT2D eigenvalue weighted by Crippen LogP contribution is 2.10. The van der Waals surface area contributed by atoms with Gasteiger partial charge in [0.1, 0.15) is 6.54 Å². The van der Waals surface area contributed by atoms with Crippen LogP contribution in [0, 0.1) is 0 Å². The van der Waals surface area contributed by atoms with Crippen molar-refractivity contribution in [1.29, 1.82) is 0 Å². The molecular formula is C18H34N2O3. The number of allylic oxidation sites excluding steroid dienone is 2. The lowest BCUT2D eigenvalue weighted by atomic mass is 10.1. The van der Waals surface area contributed by atoms with Gasteiger partial charge in [0.2, 0.25) is 5.91 Å². The number of hydrogen-bond donors (Lipinski definition) is 2. The van der Waals surface area contributed by atoms with Crippen molar-refractivity contribution < 1.29 is 14.7 Å². The standard InChI is InChI=1S/C18H34N2O3/c1-3-4-5-6-7-8-9-10-11-12-13-14-15-20(18(22)23)16-17(21)19-2/h4-5H,3,6-16H2,1-2H3,(H,19,21)(H,22,23). The molecule has 0 heterocycles. The molecule has 5 heteroatoms. The van der Waals surface area contributed by atoms with Crippen LogP contribution >= 0.6 is 0 Å². The fourth-order valence-corrected chi connectivity index (χ4v) is 2.40. The van der Waals surface area contributed by atoms with E-state index in [1.54, 1.807) is 0 Å². The predicted octanol–water partition coefficient (Wildman–Crippen LogP) is 4.19. The van der Waals surface area contributed by atoms with Gasteiger partial charge >= 0.3 is 6.09 Å². The number of unbranched alkanes of at least 4 members (excludes halogenated alkanes) is 8. The summed E-state index contributed by atoms with van der Waals surface area (Å²) in [6.07, 6.45) is 15.1. The first-order valence-electron chi connectivity index (χ1n) is 8.95. The van der Waals surface area contributed by atoms with Crippen LogP contribution in [-0.2, 0) is 4.79 Å². The largest absolute Gasteiger partial charge is 0.465 e. The Bertz CT molecular complexity index is 343. The highest BCUT2D eigenvalue weighted by Gasteiger charge is 2.14. The molecule has 0 rings (SSSR count). The number of likely N-dealkylation sites (N-methyl/N-ethyl adjacent to an activating group) is 1. The van der Waals surface area contributed by atoms with Gasteiger partial charge in [0.15, 0.2) is 0 Å². The second kappa shape index (κ2) is 15.4. The highest BCUT2D eigenvalue weighted by molar-refractivity contribution is 5.81. The molecule has 5 nitrogen and oxygen atoms in total. The topological polar surface area (TPSA) is 69.6 Å². The molecule has 0 aromatic carbocycles. The van der Waals surface area contributed by atoms with Crippen LogP contribution in [0.2, 0.25) is 0 Å². The van der Waals surface area contributed by atoms with E-state index in [-0.39, 0.29) is 12.5 Å². The van der Waals surface area contributed by atoms with Crippen LogP contribution in [0.5, 0.6) is 0 Å². The molecule has 23 heavy (non-hydrogen) atoms. The van der Waals surface area contributed by atoms with E-state index in [9.17, 15) is 9.59 Å². The number of rotatable bonds is 14. The normalized spacial score (nSPS) is 10.9. The Balaban J connectivity index is 3.47. The van der Waals surface area contributed by atoms with Crippen LogP contribution in [0.25, 0.3) is 0 Å². The molecule has 0 saturated carbocycles. The fraction of sp³-hybridized carbons (Fsp3) is 0.778. The Hall–Kier alpha value is -1.52. The molecule has 0 atom stereocenters. The average Bonchev–Trinajstić information content (AvgIpc) is 2.54. The van der Waals surface area contributed by atoms with Gasteiger partial charge in [-0.05, 0) is 25.7 Å². The summed E-state index contributed by atoms with van der Waals surface area (Å²) in [6, 6.07) is 0. The predicted molar refractivity (Wildman–Crippen MR) is 94.6 cm³/mol. The number of carbonyl (C=O) groups excluding carboxylic acids is 1. The molecule has 0 bridgehead atoms. The molecule has 0 radical (unpaired) electrons. The van der Waals surface area contributed by atoms with Crippen LogP contribution < -0.4 is 5.32 Å². The zero-order valence-electron chi connectivity index (χ0n) is 14.9. The van der Waals surface area contributed by atoms with Crippen molar-refractivity contribution in [2.45, 2.75) is 71.1 Å². The third kappa shape index (κ3) is 13.8. The lowest BCUT2D eigenvalue weighted by molar-refractivity contribution is -0.121. The first-order valence-corrected chi connectivity index (χ1v) is 8.95. The van der Waals surface area contributed by atoms with E-state index < -0.39 is 6.09 Å². The molecule has 0 aliphatic heterocycles. The smallest absolute Gasteiger partial charge is 0.407 e. The Kier molecular flexibility index (Phi) is 14.4. The zero-order valence-corrected chi connectivity index (χ0v) is 14.9. The Morgan fingerprint density at radius 2 is 1.52 bits per heavy atom. The summed E-state index contributed by atoms with van der Waals surface area (Å²) in [5.41, 5.74) is 0. The van der Waals surface area contributed by atoms with Crippen molar-refractivity contribution in [3.8, 4) is 0 Å². The van der Waals surface area contributed by atoms with Gasteiger partial charge in [-0.15, -0.1) is 0 Å². The van der Waals surface area contributed by atoms with Gasteiger partial charge in [-0.1, -0.05) is 57.6 Å². The monoisotopic (exact) mass is 326 g/mol. The van der Waals surface area contributed by atoms with E-state index in [4.69, 9.17) is 5.11 Å². The summed E-state index contributed by atoms with van der Waals surface area (Å²) in [4.78, 5) is 23.4. The van der Waals surface area contributed by atoms with Crippen LogP contribution in [-0.4, -0.2) is 42.1 Å². The van der Waals surface area contributed by atoms with Crippen LogP contribution in [0.4, 0.5) is 4.79 Å². The van der Waals surface area contributed by atoms with Gasteiger partial charge in [0.05, 0.1) is 0 Å². The molecule has 2 amide bonds. The number of amides is 2. The zero-order chi connectivity index (χ0) is 17.3. The minimum atomic E-state index is -1.02. The van der Waals surface area contributed by atoms with Gasteiger partial charge < -0.3 is 10.4 Å². The molecule has 0 aliphatic carbocycles. The van der Waals surface area contributed by atoms with Gasteiger partial charge in [0, 0.05) is 13.6 Å². The number of nitrogens with one attached hydrogen (secondary N) is 1. The lowest BCUT2D eigenvalue weighted by Gasteiger charge is -2.17. The summed E-state index contributed by atoms with van der Waals surface area (Å²) < 4.78 is 0. The molecule has 0 spiro atoms. The fourth-order valence-electron chi connectivity index (χ4n) is 2.40. The average molecular weight is 326 g/mol. The van der Waals surface area contributed by atoms with Crippen molar-refractivity contribution in [1.82, 2.24) is 10.2 Å². The summed E-state index contributed by atoms with van der Waals surface area (Å²) in [5, 5.41) is 11.5. The Morgan fingerprint density at radius 1 is 0.957 bits per heavy atom. The molecule has 0 aliphatic rings. The van der Waals surface area contributed by atoms with E-state index in [1.807, 2.05) is 0 Å². The maximum Gasteiger partial charge on any atom is 0.407 e. The number of nitrogens with zero attached hydrogens (tertiary/aromatic N) is 1.